The molecule has 1 aliphatic carbocycles. The van der Waals surface area contributed by atoms with E-state index < -0.39 is 5.41 Å². The number of amides is 1. The van der Waals surface area contributed by atoms with Gasteiger partial charge in [-0.15, -0.1) is 0 Å². The number of hydrogen-bond donors (Lipinski definition) is 3. The molecule has 0 saturated heterocycles. The van der Waals surface area contributed by atoms with Crippen LogP contribution in [0.3, 0.4) is 0 Å². The third-order valence-electron chi connectivity index (χ3n) is 3.33. The zero-order chi connectivity index (χ0) is 17.0. The van der Waals surface area contributed by atoms with Gasteiger partial charge in [0.15, 0.2) is 0 Å². The lowest BCUT2D eigenvalue weighted by molar-refractivity contribution is -0.119. The van der Waals surface area contributed by atoms with Crippen LogP contribution in [0.4, 0.5) is 0 Å². The van der Waals surface area contributed by atoms with Crippen molar-refractivity contribution in [3.8, 4) is 18.2 Å². The fourth-order valence-electron chi connectivity index (χ4n) is 2.23. The van der Waals surface area contributed by atoms with Gasteiger partial charge in [-0.25, -0.2) is 4.99 Å². The second-order valence-electron chi connectivity index (χ2n) is 4.73. The van der Waals surface area contributed by atoms with E-state index in [-0.39, 0.29) is 28.7 Å². The second kappa shape index (κ2) is 5.88. The minimum atomic E-state index is -1.07. The monoisotopic (exact) mass is 305 g/mol. The highest BCUT2D eigenvalue weighted by atomic mass is 16.2. The van der Waals surface area contributed by atoms with Crippen molar-refractivity contribution < 1.29 is 4.79 Å². The smallest absolute Gasteiger partial charge is 0.235 e. The average Bonchev–Trinajstić information content (AvgIpc) is 2.79. The van der Waals surface area contributed by atoms with Crippen molar-refractivity contribution in [1.82, 2.24) is 10.9 Å². The predicted octanol–water partition coefficient (Wildman–Crippen LogP) is 0.189. The van der Waals surface area contributed by atoms with Crippen LogP contribution in [0.5, 0.6) is 0 Å². The number of carbonyl (C=O) groups is 1. The van der Waals surface area contributed by atoms with Gasteiger partial charge in [0, 0.05) is 12.5 Å². The largest absolute Gasteiger partial charge is 0.383 e. The number of hydrogen-bond acceptors (Lipinski definition) is 7. The van der Waals surface area contributed by atoms with Gasteiger partial charge < -0.3 is 5.73 Å². The van der Waals surface area contributed by atoms with E-state index in [0.29, 0.717) is 5.57 Å². The molecule has 0 aromatic rings. The summed E-state index contributed by atoms with van der Waals surface area (Å²) in [5, 5.41) is 27.2. The standard InChI is InChI=1S/C15H11N7O/c1-9(23)21-22-14-15(12(8-18)13(19)20-14)4-2-10(3-5-15)11(6-16)7-17/h2-5H,19H2,1H3,(H,20,22)(H,21,23). The molecular weight excluding hydrogens is 294 g/mol. The van der Waals surface area contributed by atoms with Crippen molar-refractivity contribution in [3.63, 3.8) is 0 Å². The van der Waals surface area contributed by atoms with Crippen molar-refractivity contribution in [2.45, 2.75) is 6.92 Å². The zero-order valence-corrected chi connectivity index (χ0v) is 12.1. The minimum Gasteiger partial charge on any atom is -0.383 e. The highest BCUT2D eigenvalue weighted by Gasteiger charge is 2.43. The van der Waals surface area contributed by atoms with Crippen LogP contribution >= 0.6 is 0 Å². The molecule has 1 amide bonds. The molecule has 8 nitrogen and oxygen atoms in total. The van der Waals surface area contributed by atoms with E-state index in [1.54, 1.807) is 36.4 Å². The van der Waals surface area contributed by atoms with E-state index in [4.69, 9.17) is 16.3 Å². The van der Waals surface area contributed by atoms with Gasteiger partial charge in [0.05, 0.1) is 5.57 Å². The minimum absolute atomic E-state index is 0.0304. The first-order valence-electron chi connectivity index (χ1n) is 6.43. The SMILES string of the molecule is CC(=O)NNC1=NC(N)=C(C#N)C12C=CC(=C(C#N)C#N)C=C2. The first-order chi connectivity index (χ1) is 11.0. The fourth-order valence-corrected chi connectivity index (χ4v) is 2.23. The van der Waals surface area contributed by atoms with Gasteiger partial charge in [0.2, 0.25) is 5.91 Å². The number of carbonyl (C=O) groups excluding carboxylic acids is 1. The normalized spacial score (nSPS) is 21.3. The third-order valence-corrected chi connectivity index (χ3v) is 3.33. The van der Waals surface area contributed by atoms with Crippen LogP contribution in [0.15, 0.2) is 51.8 Å². The third kappa shape index (κ3) is 2.55. The Morgan fingerprint density at radius 3 is 2.35 bits per heavy atom. The quantitative estimate of drug-likeness (QED) is 0.429. The number of amidine groups is 1. The van der Waals surface area contributed by atoms with Gasteiger partial charge in [0.25, 0.3) is 0 Å². The number of nitrogens with two attached hydrogens (primary N) is 1. The summed E-state index contributed by atoms with van der Waals surface area (Å²) >= 11 is 0. The summed E-state index contributed by atoms with van der Waals surface area (Å²) in [6.07, 6.45) is 6.29. The topological polar surface area (TPSA) is 151 Å². The van der Waals surface area contributed by atoms with Crippen LogP contribution in [0, 0.1) is 39.4 Å². The second-order valence-corrected chi connectivity index (χ2v) is 4.73. The lowest BCUT2D eigenvalue weighted by Crippen LogP contribution is -2.47. The molecule has 1 heterocycles. The van der Waals surface area contributed by atoms with Gasteiger partial charge in [0.1, 0.15) is 40.9 Å². The van der Waals surface area contributed by atoms with Crippen LogP contribution in [0.2, 0.25) is 0 Å². The number of rotatable bonds is 0. The van der Waals surface area contributed by atoms with Crippen molar-refractivity contribution in [1.29, 1.82) is 15.8 Å². The van der Waals surface area contributed by atoms with Crippen LogP contribution in [0.25, 0.3) is 0 Å². The lowest BCUT2D eigenvalue weighted by Gasteiger charge is -2.27. The number of nitriles is 3. The van der Waals surface area contributed by atoms with Gasteiger partial charge in [-0.3, -0.25) is 15.6 Å². The summed E-state index contributed by atoms with van der Waals surface area (Å²) in [5.74, 6) is -0.0564. The summed E-state index contributed by atoms with van der Waals surface area (Å²) in [7, 11) is 0. The Kier molecular flexibility index (Phi) is 3.98. The molecule has 1 spiro atoms. The number of hydrazine groups is 1. The van der Waals surface area contributed by atoms with Crippen molar-refractivity contribution >= 4 is 11.7 Å². The molecule has 8 heteroatoms. The molecule has 2 rings (SSSR count). The molecule has 0 aromatic heterocycles. The molecule has 0 fully saturated rings. The Morgan fingerprint density at radius 2 is 1.87 bits per heavy atom. The Balaban J connectivity index is 2.47. The summed E-state index contributed by atoms with van der Waals surface area (Å²) in [6, 6.07) is 5.60. The number of nitrogens with one attached hydrogen (secondary N) is 2. The Hall–Kier alpha value is -3.83. The first-order valence-corrected chi connectivity index (χ1v) is 6.43. The van der Waals surface area contributed by atoms with Gasteiger partial charge in [-0.05, 0) is 0 Å². The van der Waals surface area contributed by atoms with Crippen molar-refractivity contribution in [3.05, 3.63) is 46.8 Å². The van der Waals surface area contributed by atoms with E-state index in [0.717, 1.165) is 0 Å². The van der Waals surface area contributed by atoms with Crippen LogP contribution in [-0.2, 0) is 4.79 Å². The molecule has 2 aliphatic rings. The lowest BCUT2D eigenvalue weighted by atomic mass is 9.76. The van der Waals surface area contributed by atoms with E-state index in [1.807, 2.05) is 6.07 Å². The first kappa shape index (κ1) is 15.6. The predicted molar refractivity (Wildman–Crippen MR) is 80.2 cm³/mol. The molecule has 4 N–H and O–H groups in total. The Labute approximate surface area is 132 Å². The molecular formula is C15H11N7O. The molecule has 0 unspecified atom stereocenters. The summed E-state index contributed by atoms with van der Waals surface area (Å²) in [6.45, 7) is 1.32. The van der Waals surface area contributed by atoms with Crippen molar-refractivity contribution in [2.75, 3.05) is 0 Å². The van der Waals surface area contributed by atoms with E-state index in [9.17, 15) is 10.1 Å². The van der Waals surface area contributed by atoms with Crippen LogP contribution in [0.1, 0.15) is 6.92 Å². The zero-order valence-electron chi connectivity index (χ0n) is 12.1. The van der Waals surface area contributed by atoms with Crippen molar-refractivity contribution in [2.24, 2.45) is 16.1 Å². The number of nitrogens with zero attached hydrogens (tertiary/aromatic N) is 4. The number of allylic oxidation sites excluding steroid dienone is 4. The van der Waals surface area contributed by atoms with Crippen LogP contribution in [-0.4, -0.2) is 11.7 Å². The van der Waals surface area contributed by atoms with Gasteiger partial charge in [-0.1, -0.05) is 24.3 Å². The highest BCUT2D eigenvalue weighted by molar-refractivity contribution is 6.00. The molecule has 0 bridgehead atoms. The maximum Gasteiger partial charge on any atom is 0.235 e. The maximum absolute atomic E-state index is 11.1. The molecule has 112 valence electrons. The fraction of sp³-hybridized carbons (Fsp3) is 0.133. The van der Waals surface area contributed by atoms with Gasteiger partial charge in [-0.2, -0.15) is 15.8 Å². The molecule has 0 radical (unpaired) electrons. The maximum atomic E-state index is 11.1. The van der Waals surface area contributed by atoms with Crippen LogP contribution < -0.4 is 16.6 Å². The molecule has 1 aliphatic heterocycles. The highest BCUT2D eigenvalue weighted by Crippen LogP contribution is 2.40. The average molecular weight is 305 g/mol. The van der Waals surface area contributed by atoms with Gasteiger partial charge >= 0.3 is 0 Å². The summed E-state index contributed by atoms with van der Waals surface area (Å²) < 4.78 is 0. The Bertz CT molecular complexity index is 818. The van der Waals surface area contributed by atoms with E-state index in [2.05, 4.69) is 15.8 Å². The molecule has 0 atom stereocenters. The summed E-state index contributed by atoms with van der Waals surface area (Å²) in [5.41, 5.74) is 10.3. The molecule has 23 heavy (non-hydrogen) atoms. The Morgan fingerprint density at radius 1 is 1.26 bits per heavy atom. The molecule has 0 aromatic carbocycles. The van der Waals surface area contributed by atoms with E-state index in [1.165, 1.54) is 6.92 Å². The summed E-state index contributed by atoms with van der Waals surface area (Å²) in [4.78, 5) is 15.1. The number of aliphatic imine (C=N–C) groups is 1. The van der Waals surface area contributed by atoms with E-state index >= 15 is 0 Å². The molecule has 0 saturated carbocycles.